The van der Waals surface area contributed by atoms with Crippen molar-refractivity contribution >= 4 is 13.7 Å². The minimum absolute atomic E-state index is 0.0501. The van der Waals surface area contributed by atoms with Crippen LogP contribution in [0.3, 0.4) is 0 Å². The first kappa shape index (κ1) is 81.9. The van der Waals surface area contributed by atoms with E-state index in [0.29, 0.717) is 17.4 Å². The monoisotopic (exact) mass is 1200 g/mol. The summed E-state index contributed by atoms with van der Waals surface area (Å²) in [7, 11) is 1.54. The van der Waals surface area contributed by atoms with Crippen LogP contribution in [0.1, 0.15) is 303 Å². The Balaban J connectivity index is 4.16. The molecule has 0 aliphatic rings. The van der Waals surface area contributed by atoms with Crippen LogP contribution in [0.2, 0.25) is 0 Å². The number of hydrogen-bond acceptors (Lipinski definition) is 5. The van der Waals surface area contributed by atoms with Crippen molar-refractivity contribution in [1.82, 2.24) is 5.32 Å². The molecule has 3 atom stereocenters. The standard InChI is InChI=1S/C76H135N2O6P/c1-6-8-10-12-14-16-18-20-22-24-26-28-30-32-34-36-37-38-39-40-41-42-44-46-48-50-52-54-56-58-60-62-64-66-68-70-76(80)77-74(73-84-85(81,82)83-72-71-78(3,4)5)75(79)69-67-65-63-61-59-57-55-53-51-49-47-45-43-35-33-31-29-27-25-23-21-19-17-15-13-11-9-7-2/h8,10,14,16,20,22,26,28,32,34,37-38,40-41,44,46,59,61,67,69,74-75,79H,6-7,9,11-13,15,17-19,21,23-25,27,29-31,33,35-36,39,42-43,45,47-58,60,62-66,68,70-73H2,1-5H3,(H-,77,80,81,82)/p+1/b10-8-,16-14-,22-20-,28-26-,34-32-,38-37-,41-40-,46-44-,61-59+,69-67+. The normalized spacial score (nSPS) is 14.4. The number of rotatable bonds is 64. The first-order valence-corrected chi connectivity index (χ1v) is 36.9. The van der Waals surface area contributed by atoms with E-state index in [9.17, 15) is 19.4 Å². The van der Waals surface area contributed by atoms with Crippen LogP contribution in [-0.4, -0.2) is 73.4 Å². The molecule has 0 heterocycles. The van der Waals surface area contributed by atoms with Gasteiger partial charge in [0, 0.05) is 6.42 Å². The zero-order valence-corrected chi connectivity index (χ0v) is 57.0. The van der Waals surface area contributed by atoms with Gasteiger partial charge >= 0.3 is 7.82 Å². The van der Waals surface area contributed by atoms with Crippen LogP contribution < -0.4 is 5.32 Å². The van der Waals surface area contributed by atoms with E-state index in [2.05, 4.69) is 129 Å². The van der Waals surface area contributed by atoms with Gasteiger partial charge in [0.15, 0.2) is 0 Å². The van der Waals surface area contributed by atoms with E-state index < -0.39 is 20.0 Å². The smallest absolute Gasteiger partial charge is 0.387 e. The predicted molar refractivity (Wildman–Crippen MR) is 373 cm³/mol. The number of phosphoric acid groups is 1. The Labute approximate surface area is 526 Å². The maximum atomic E-state index is 13.1. The van der Waals surface area contributed by atoms with Crippen molar-refractivity contribution in [2.24, 2.45) is 0 Å². The molecular formula is C76H136N2O6P+. The van der Waals surface area contributed by atoms with Gasteiger partial charge < -0.3 is 19.8 Å². The van der Waals surface area contributed by atoms with Crippen LogP contribution >= 0.6 is 7.82 Å². The molecule has 0 fully saturated rings. The third-order valence-corrected chi connectivity index (χ3v) is 16.4. The van der Waals surface area contributed by atoms with Gasteiger partial charge in [-0.3, -0.25) is 13.8 Å². The molecule has 0 aliphatic heterocycles. The SMILES string of the molecule is CC/C=C\C/C=C\C/C=C\C/C=C\C/C=C\C/C=C\C/C=C\C/C=C\CCCCCCCCCCCCC(=O)NC(COP(=O)(O)OCC[N+](C)(C)C)C(O)/C=C/CC/C=C/CCCCCCCCCCCCCCCCCCCCCCCC. The Morgan fingerprint density at radius 3 is 1.08 bits per heavy atom. The molecule has 0 aromatic rings. The van der Waals surface area contributed by atoms with Crippen molar-refractivity contribution in [3.63, 3.8) is 0 Å². The fourth-order valence-electron chi connectivity index (χ4n) is 9.96. The first-order valence-electron chi connectivity index (χ1n) is 35.4. The Bertz CT molecular complexity index is 1800. The highest BCUT2D eigenvalue weighted by Crippen LogP contribution is 2.43. The lowest BCUT2D eigenvalue weighted by Gasteiger charge is -2.25. The number of allylic oxidation sites excluding steroid dienone is 19. The lowest BCUT2D eigenvalue weighted by Crippen LogP contribution is -2.45. The number of aliphatic hydroxyl groups excluding tert-OH is 1. The Hall–Kier alpha value is -3.10. The number of hydrogen-bond donors (Lipinski definition) is 3. The highest BCUT2D eigenvalue weighted by Gasteiger charge is 2.28. The topological polar surface area (TPSA) is 105 Å². The lowest BCUT2D eigenvalue weighted by atomic mass is 10.0. The first-order chi connectivity index (χ1) is 41.5. The molecule has 85 heavy (non-hydrogen) atoms. The summed E-state index contributed by atoms with van der Waals surface area (Å²) < 4.78 is 23.8. The van der Waals surface area contributed by atoms with Gasteiger partial charge in [0.1, 0.15) is 13.2 Å². The van der Waals surface area contributed by atoms with E-state index in [4.69, 9.17) is 9.05 Å². The fourth-order valence-corrected chi connectivity index (χ4v) is 10.7. The summed E-state index contributed by atoms with van der Waals surface area (Å²) >= 11 is 0. The number of quaternary nitrogens is 1. The molecule has 3 unspecified atom stereocenters. The molecule has 0 radical (unpaired) electrons. The summed E-state index contributed by atoms with van der Waals surface area (Å²) in [5.74, 6) is -0.193. The number of nitrogens with zero attached hydrogens (tertiary/aromatic N) is 1. The average Bonchev–Trinajstić information content (AvgIpc) is 3.48. The largest absolute Gasteiger partial charge is 0.472 e. The van der Waals surface area contributed by atoms with Gasteiger partial charge in [-0.05, 0) is 96.3 Å². The van der Waals surface area contributed by atoms with Crippen LogP contribution in [0.4, 0.5) is 0 Å². The molecule has 0 aromatic heterocycles. The summed E-state index contributed by atoms with van der Waals surface area (Å²) in [6.45, 7) is 4.70. The summed E-state index contributed by atoms with van der Waals surface area (Å²) in [6, 6.07) is -0.876. The van der Waals surface area contributed by atoms with E-state index >= 15 is 0 Å². The number of amides is 1. The van der Waals surface area contributed by atoms with Gasteiger partial charge in [0.2, 0.25) is 5.91 Å². The van der Waals surface area contributed by atoms with Gasteiger partial charge in [-0.25, -0.2) is 4.57 Å². The number of nitrogens with one attached hydrogen (secondary N) is 1. The molecular weight excluding hydrogens is 1070 g/mol. The molecule has 0 saturated heterocycles. The van der Waals surface area contributed by atoms with E-state index in [1.54, 1.807) is 6.08 Å². The third kappa shape index (κ3) is 68.3. The number of aliphatic hydroxyl groups is 1. The van der Waals surface area contributed by atoms with Gasteiger partial charge in [-0.2, -0.15) is 0 Å². The Morgan fingerprint density at radius 2 is 0.718 bits per heavy atom. The van der Waals surface area contributed by atoms with Crippen molar-refractivity contribution in [3.05, 3.63) is 122 Å². The van der Waals surface area contributed by atoms with Gasteiger partial charge in [-0.1, -0.05) is 322 Å². The second kappa shape index (κ2) is 65.3. The predicted octanol–water partition coefficient (Wildman–Crippen LogP) is 22.8. The minimum atomic E-state index is -4.37. The van der Waals surface area contributed by atoms with E-state index in [1.165, 1.54) is 186 Å². The summed E-state index contributed by atoms with van der Waals surface area (Å²) in [6.07, 6.45) is 97.7. The molecule has 0 saturated carbocycles. The van der Waals surface area contributed by atoms with Gasteiger partial charge in [0.05, 0.1) is 39.9 Å². The van der Waals surface area contributed by atoms with Gasteiger partial charge in [-0.15, -0.1) is 0 Å². The molecule has 0 bridgehead atoms. The number of carbonyl (C=O) groups is 1. The second-order valence-electron chi connectivity index (χ2n) is 24.9. The highest BCUT2D eigenvalue weighted by molar-refractivity contribution is 7.47. The average molecular weight is 1200 g/mol. The number of likely N-dealkylation sites (N-methyl/N-ethyl adjacent to an activating group) is 1. The van der Waals surface area contributed by atoms with Crippen LogP contribution in [0.5, 0.6) is 0 Å². The molecule has 8 nitrogen and oxygen atoms in total. The lowest BCUT2D eigenvalue weighted by molar-refractivity contribution is -0.870. The second-order valence-corrected chi connectivity index (χ2v) is 26.3. The Morgan fingerprint density at radius 1 is 0.412 bits per heavy atom. The van der Waals surface area contributed by atoms with Crippen molar-refractivity contribution in [2.75, 3.05) is 40.9 Å². The summed E-state index contributed by atoms with van der Waals surface area (Å²) in [5.41, 5.74) is 0. The molecule has 0 spiro atoms. The molecule has 3 N–H and O–H groups in total. The molecule has 490 valence electrons. The van der Waals surface area contributed by atoms with Gasteiger partial charge in [0.25, 0.3) is 0 Å². The summed E-state index contributed by atoms with van der Waals surface area (Å²) in [4.78, 5) is 23.4. The zero-order valence-electron chi connectivity index (χ0n) is 56.1. The van der Waals surface area contributed by atoms with Crippen molar-refractivity contribution in [2.45, 2.75) is 315 Å². The third-order valence-electron chi connectivity index (χ3n) is 15.4. The van der Waals surface area contributed by atoms with E-state index in [1.807, 2.05) is 27.2 Å². The molecule has 0 rings (SSSR count). The zero-order chi connectivity index (χ0) is 61.9. The summed E-state index contributed by atoms with van der Waals surface area (Å²) in [5, 5.41) is 14.0. The van der Waals surface area contributed by atoms with Crippen LogP contribution in [0, 0.1) is 0 Å². The fraction of sp³-hybridized carbons (Fsp3) is 0.724. The molecule has 0 aliphatic carbocycles. The van der Waals surface area contributed by atoms with E-state index in [-0.39, 0.29) is 19.1 Å². The number of unbranched alkanes of at least 4 members (excludes halogenated alkanes) is 33. The van der Waals surface area contributed by atoms with Crippen molar-refractivity contribution in [3.8, 4) is 0 Å². The maximum absolute atomic E-state index is 13.1. The van der Waals surface area contributed by atoms with Crippen LogP contribution in [-0.2, 0) is 18.4 Å². The number of carbonyl (C=O) groups excluding carboxylic acids is 1. The number of phosphoric ester groups is 1. The quantitative estimate of drug-likeness (QED) is 0.0243. The Kier molecular flexibility index (Phi) is 63.0. The van der Waals surface area contributed by atoms with Crippen molar-refractivity contribution < 1.29 is 32.9 Å². The van der Waals surface area contributed by atoms with Crippen LogP contribution in [0.15, 0.2) is 122 Å². The maximum Gasteiger partial charge on any atom is 0.472 e. The molecule has 0 aromatic carbocycles. The molecule has 1 amide bonds. The highest BCUT2D eigenvalue weighted by atomic mass is 31.2. The van der Waals surface area contributed by atoms with Crippen LogP contribution in [0.25, 0.3) is 0 Å². The van der Waals surface area contributed by atoms with E-state index in [0.717, 1.165) is 96.3 Å². The van der Waals surface area contributed by atoms with Crippen molar-refractivity contribution in [1.29, 1.82) is 0 Å². The minimum Gasteiger partial charge on any atom is -0.387 e. The molecule has 9 heteroatoms.